The Balaban J connectivity index is 2.38. The number of amides is 1. The molecule has 118 valence electrons. The SMILES string of the molecule is CC(C)Oc1ccccc1OCCNC(=O)OC(C)(C)C. The highest BCUT2D eigenvalue weighted by atomic mass is 16.6. The van der Waals surface area contributed by atoms with Gasteiger partial charge in [0.05, 0.1) is 12.6 Å². The highest BCUT2D eigenvalue weighted by molar-refractivity contribution is 5.67. The van der Waals surface area contributed by atoms with E-state index in [4.69, 9.17) is 14.2 Å². The number of carbonyl (C=O) groups is 1. The summed E-state index contributed by atoms with van der Waals surface area (Å²) in [4.78, 5) is 11.5. The Morgan fingerprint density at radius 1 is 1.19 bits per heavy atom. The number of benzene rings is 1. The molecule has 0 spiro atoms. The molecule has 21 heavy (non-hydrogen) atoms. The molecule has 5 nitrogen and oxygen atoms in total. The Bertz CT molecular complexity index is 452. The van der Waals surface area contributed by atoms with E-state index in [0.29, 0.717) is 24.7 Å². The lowest BCUT2D eigenvalue weighted by Gasteiger charge is -2.20. The van der Waals surface area contributed by atoms with Crippen LogP contribution in [0.25, 0.3) is 0 Å². The Labute approximate surface area is 126 Å². The standard InChI is InChI=1S/C16H25NO4/c1-12(2)20-14-9-7-6-8-13(14)19-11-10-17-15(18)21-16(3,4)5/h6-9,12H,10-11H2,1-5H3,(H,17,18). The van der Waals surface area contributed by atoms with Gasteiger partial charge in [-0.25, -0.2) is 4.79 Å². The van der Waals surface area contributed by atoms with Gasteiger partial charge in [0, 0.05) is 0 Å². The average molecular weight is 295 g/mol. The molecule has 5 heteroatoms. The van der Waals surface area contributed by atoms with Crippen molar-refractivity contribution in [2.75, 3.05) is 13.2 Å². The first-order valence-corrected chi connectivity index (χ1v) is 7.13. The third-order valence-corrected chi connectivity index (χ3v) is 2.24. The molecule has 0 aromatic heterocycles. The average Bonchev–Trinajstić information content (AvgIpc) is 2.33. The summed E-state index contributed by atoms with van der Waals surface area (Å²) in [5, 5.41) is 2.64. The van der Waals surface area contributed by atoms with Gasteiger partial charge in [-0.05, 0) is 46.8 Å². The summed E-state index contributed by atoms with van der Waals surface area (Å²) in [5.41, 5.74) is -0.497. The molecule has 0 atom stereocenters. The van der Waals surface area contributed by atoms with Crippen LogP contribution in [0, 0.1) is 0 Å². The second kappa shape index (κ2) is 7.76. The zero-order valence-corrected chi connectivity index (χ0v) is 13.4. The number of alkyl carbamates (subject to hydrolysis) is 1. The fourth-order valence-electron chi connectivity index (χ4n) is 1.55. The number of rotatable bonds is 6. The first kappa shape index (κ1) is 17.1. The van der Waals surface area contributed by atoms with Gasteiger partial charge in [-0.3, -0.25) is 0 Å². The molecule has 0 heterocycles. The normalized spacial score (nSPS) is 11.1. The summed E-state index contributed by atoms with van der Waals surface area (Å²) in [7, 11) is 0. The molecule has 0 unspecified atom stereocenters. The molecule has 0 saturated heterocycles. The van der Waals surface area contributed by atoms with Crippen LogP contribution in [0.15, 0.2) is 24.3 Å². The zero-order chi connectivity index (χ0) is 15.9. The fraction of sp³-hybridized carbons (Fsp3) is 0.562. The third kappa shape index (κ3) is 7.44. The van der Waals surface area contributed by atoms with Crippen molar-refractivity contribution in [3.8, 4) is 11.5 Å². The summed E-state index contributed by atoms with van der Waals surface area (Å²) >= 11 is 0. The number of ether oxygens (including phenoxy) is 3. The summed E-state index contributed by atoms with van der Waals surface area (Å²) < 4.78 is 16.4. The third-order valence-electron chi connectivity index (χ3n) is 2.24. The Morgan fingerprint density at radius 3 is 2.38 bits per heavy atom. The van der Waals surface area contributed by atoms with E-state index in [2.05, 4.69) is 5.32 Å². The van der Waals surface area contributed by atoms with E-state index >= 15 is 0 Å². The van der Waals surface area contributed by atoms with Crippen molar-refractivity contribution >= 4 is 6.09 Å². The molecule has 1 rings (SSSR count). The van der Waals surface area contributed by atoms with Crippen molar-refractivity contribution in [1.82, 2.24) is 5.32 Å². The van der Waals surface area contributed by atoms with Gasteiger partial charge in [0.2, 0.25) is 0 Å². The maximum absolute atomic E-state index is 11.5. The van der Waals surface area contributed by atoms with E-state index in [9.17, 15) is 4.79 Å². The first-order valence-electron chi connectivity index (χ1n) is 7.13. The second-order valence-corrected chi connectivity index (χ2v) is 5.89. The quantitative estimate of drug-likeness (QED) is 0.817. The van der Waals surface area contributed by atoms with Gasteiger partial charge in [0.25, 0.3) is 0 Å². The second-order valence-electron chi connectivity index (χ2n) is 5.89. The topological polar surface area (TPSA) is 56.8 Å². The van der Waals surface area contributed by atoms with Gasteiger partial charge in [-0.1, -0.05) is 12.1 Å². The molecule has 1 N–H and O–H groups in total. The largest absolute Gasteiger partial charge is 0.488 e. The van der Waals surface area contributed by atoms with Crippen LogP contribution in [0.1, 0.15) is 34.6 Å². The van der Waals surface area contributed by atoms with Crippen LogP contribution in [0.2, 0.25) is 0 Å². The highest BCUT2D eigenvalue weighted by Crippen LogP contribution is 2.27. The Hall–Kier alpha value is -1.91. The summed E-state index contributed by atoms with van der Waals surface area (Å²) in [5.74, 6) is 1.36. The summed E-state index contributed by atoms with van der Waals surface area (Å²) in [6, 6.07) is 7.47. The van der Waals surface area contributed by atoms with Crippen molar-refractivity contribution in [2.45, 2.75) is 46.3 Å². The molecule has 0 bridgehead atoms. The summed E-state index contributed by atoms with van der Waals surface area (Å²) in [6.45, 7) is 10.1. The first-order chi connectivity index (χ1) is 9.78. The predicted molar refractivity (Wildman–Crippen MR) is 81.9 cm³/mol. The molecule has 0 aliphatic rings. The van der Waals surface area contributed by atoms with E-state index in [1.165, 1.54) is 0 Å². The monoisotopic (exact) mass is 295 g/mol. The van der Waals surface area contributed by atoms with Crippen LogP contribution in [0.5, 0.6) is 11.5 Å². The molecule has 0 saturated carbocycles. The lowest BCUT2D eigenvalue weighted by molar-refractivity contribution is 0.0520. The van der Waals surface area contributed by atoms with Crippen LogP contribution in [0.4, 0.5) is 4.79 Å². The van der Waals surface area contributed by atoms with Gasteiger partial charge in [-0.2, -0.15) is 0 Å². The number of nitrogens with one attached hydrogen (secondary N) is 1. The highest BCUT2D eigenvalue weighted by Gasteiger charge is 2.15. The van der Waals surface area contributed by atoms with E-state index in [-0.39, 0.29) is 6.10 Å². The van der Waals surface area contributed by atoms with Gasteiger partial charge in [-0.15, -0.1) is 0 Å². The lowest BCUT2D eigenvalue weighted by Crippen LogP contribution is -2.34. The van der Waals surface area contributed by atoms with Crippen LogP contribution < -0.4 is 14.8 Å². The fourth-order valence-corrected chi connectivity index (χ4v) is 1.55. The van der Waals surface area contributed by atoms with Gasteiger partial charge >= 0.3 is 6.09 Å². The van der Waals surface area contributed by atoms with E-state index < -0.39 is 11.7 Å². The molecule has 1 aromatic rings. The molecular weight excluding hydrogens is 270 g/mol. The number of hydrogen-bond donors (Lipinski definition) is 1. The molecular formula is C16H25NO4. The minimum Gasteiger partial charge on any atom is -0.488 e. The van der Waals surface area contributed by atoms with Crippen LogP contribution in [0.3, 0.4) is 0 Å². The van der Waals surface area contributed by atoms with Gasteiger partial charge < -0.3 is 19.5 Å². The van der Waals surface area contributed by atoms with Crippen LogP contribution in [-0.2, 0) is 4.74 Å². The minimum atomic E-state index is -0.497. The summed E-state index contributed by atoms with van der Waals surface area (Å²) in [6.07, 6.45) is -0.368. The Kier molecular flexibility index (Phi) is 6.34. The maximum Gasteiger partial charge on any atom is 0.407 e. The van der Waals surface area contributed by atoms with Crippen LogP contribution >= 0.6 is 0 Å². The molecule has 0 aliphatic heterocycles. The predicted octanol–water partition coefficient (Wildman–Crippen LogP) is 3.38. The molecule has 0 fully saturated rings. The molecule has 1 amide bonds. The minimum absolute atomic E-state index is 0.0784. The number of para-hydroxylation sites is 2. The van der Waals surface area contributed by atoms with Crippen LogP contribution in [-0.4, -0.2) is 30.9 Å². The number of carbonyl (C=O) groups excluding carboxylic acids is 1. The molecule has 1 aromatic carbocycles. The van der Waals surface area contributed by atoms with E-state index in [0.717, 1.165) is 0 Å². The van der Waals surface area contributed by atoms with Gasteiger partial charge in [0.1, 0.15) is 12.2 Å². The lowest BCUT2D eigenvalue weighted by atomic mass is 10.2. The molecule has 0 radical (unpaired) electrons. The van der Waals surface area contributed by atoms with Crippen molar-refractivity contribution < 1.29 is 19.0 Å². The Morgan fingerprint density at radius 2 is 1.81 bits per heavy atom. The van der Waals surface area contributed by atoms with Crippen molar-refractivity contribution in [3.63, 3.8) is 0 Å². The zero-order valence-electron chi connectivity index (χ0n) is 13.4. The maximum atomic E-state index is 11.5. The van der Waals surface area contributed by atoms with E-state index in [1.807, 2.05) is 58.9 Å². The van der Waals surface area contributed by atoms with Gasteiger partial charge in [0.15, 0.2) is 11.5 Å². The smallest absolute Gasteiger partial charge is 0.407 e. The number of hydrogen-bond acceptors (Lipinski definition) is 4. The van der Waals surface area contributed by atoms with Crippen molar-refractivity contribution in [3.05, 3.63) is 24.3 Å². The molecule has 0 aliphatic carbocycles. The van der Waals surface area contributed by atoms with Crippen molar-refractivity contribution in [1.29, 1.82) is 0 Å². The van der Waals surface area contributed by atoms with E-state index in [1.54, 1.807) is 0 Å². The van der Waals surface area contributed by atoms with Crippen molar-refractivity contribution in [2.24, 2.45) is 0 Å².